The Morgan fingerprint density at radius 2 is 2.15 bits per heavy atom. The lowest BCUT2D eigenvalue weighted by Crippen LogP contribution is -2.15. The molecule has 6 nitrogen and oxygen atoms in total. The van der Waals surface area contributed by atoms with Crippen molar-refractivity contribution in [1.29, 1.82) is 0 Å². The summed E-state index contributed by atoms with van der Waals surface area (Å²) in [6.07, 6.45) is 0. The molecule has 0 aliphatic rings. The summed E-state index contributed by atoms with van der Waals surface area (Å²) >= 11 is 6.93. The zero-order valence-electron chi connectivity index (χ0n) is 14.3. The third kappa shape index (κ3) is 5.45. The summed E-state index contributed by atoms with van der Waals surface area (Å²) in [5.41, 5.74) is 1.06. The molecule has 2 aromatic carbocycles. The van der Waals surface area contributed by atoms with Crippen LogP contribution in [-0.4, -0.2) is 26.8 Å². The molecule has 2 N–H and O–H groups in total. The summed E-state index contributed by atoms with van der Waals surface area (Å²) in [6.45, 7) is 2.19. The predicted octanol–water partition coefficient (Wildman–Crippen LogP) is 4.22. The number of benzene rings is 2. The summed E-state index contributed by atoms with van der Waals surface area (Å²) in [5, 5.41) is 10.0. The van der Waals surface area contributed by atoms with Crippen LogP contribution < -0.4 is 10.1 Å². The minimum atomic E-state index is -0.550. The Labute approximate surface area is 164 Å². The first-order valence-corrected chi connectivity index (χ1v) is 9.35. The Morgan fingerprint density at radius 1 is 1.33 bits per heavy atom. The highest BCUT2D eigenvalue weighted by molar-refractivity contribution is 7.99. The van der Waals surface area contributed by atoms with Gasteiger partial charge >= 0.3 is 0 Å². The Bertz CT molecular complexity index is 951. The summed E-state index contributed by atoms with van der Waals surface area (Å²) in [5.74, 6) is 0.407. The third-order valence-corrected chi connectivity index (χ3v) is 4.59. The van der Waals surface area contributed by atoms with Crippen LogP contribution in [-0.2, 0) is 11.4 Å². The van der Waals surface area contributed by atoms with E-state index in [1.54, 1.807) is 0 Å². The minimum absolute atomic E-state index is 0.0297. The van der Waals surface area contributed by atoms with E-state index in [-0.39, 0.29) is 24.0 Å². The minimum Gasteiger partial charge on any atom is -0.485 e. The van der Waals surface area contributed by atoms with Crippen LogP contribution in [0.2, 0.25) is 5.02 Å². The number of carbonyl (C=O) groups is 1. The maximum absolute atomic E-state index is 13.6. The van der Waals surface area contributed by atoms with E-state index >= 15 is 0 Å². The molecule has 0 fully saturated rings. The number of hydrogen-bond donors (Lipinski definition) is 2. The van der Waals surface area contributed by atoms with Crippen molar-refractivity contribution in [3.63, 3.8) is 0 Å². The van der Waals surface area contributed by atoms with E-state index in [1.165, 1.54) is 18.2 Å². The van der Waals surface area contributed by atoms with Gasteiger partial charge in [-0.3, -0.25) is 9.89 Å². The molecule has 0 unspecified atom stereocenters. The highest BCUT2D eigenvalue weighted by Crippen LogP contribution is 2.21. The number of ether oxygens (including phenoxy) is 1. The van der Waals surface area contributed by atoms with E-state index in [1.807, 2.05) is 31.2 Å². The Morgan fingerprint density at radius 3 is 2.96 bits per heavy atom. The zero-order valence-corrected chi connectivity index (χ0v) is 15.9. The number of para-hydroxylation sites is 1. The number of aromatic nitrogens is 3. The first-order chi connectivity index (χ1) is 13.0. The lowest BCUT2D eigenvalue weighted by atomic mass is 10.2. The zero-order chi connectivity index (χ0) is 19.2. The topological polar surface area (TPSA) is 79.9 Å². The van der Waals surface area contributed by atoms with Crippen LogP contribution in [0.1, 0.15) is 11.4 Å². The summed E-state index contributed by atoms with van der Waals surface area (Å²) in [4.78, 5) is 16.2. The van der Waals surface area contributed by atoms with Gasteiger partial charge < -0.3 is 10.1 Å². The first kappa shape index (κ1) is 19.2. The number of halogens is 2. The van der Waals surface area contributed by atoms with Crippen molar-refractivity contribution in [3.05, 3.63) is 64.7 Å². The molecule has 0 atom stereocenters. The molecule has 0 aliphatic heterocycles. The predicted molar refractivity (Wildman–Crippen MR) is 103 cm³/mol. The fourth-order valence-corrected chi connectivity index (χ4v) is 2.97. The number of aryl methyl sites for hydroxylation is 1. The molecular weight excluding hydrogens is 391 g/mol. The van der Waals surface area contributed by atoms with Crippen LogP contribution in [0.25, 0.3) is 0 Å². The molecule has 1 amide bonds. The highest BCUT2D eigenvalue weighted by Gasteiger charge is 2.11. The average Bonchev–Trinajstić information content (AvgIpc) is 3.10. The first-order valence-electron chi connectivity index (χ1n) is 7.98. The lowest BCUT2D eigenvalue weighted by Gasteiger charge is -2.06. The maximum atomic E-state index is 13.6. The van der Waals surface area contributed by atoms with Crippen molar-refractivity contribution < 1.29 is 13.9 Å². The summed E-state index contributed by atoms with van der Waals surface area (Å²) < 4.78 is 19.3. The molecular formula is C18H16ClFN4O2S. The van der Waals surface area contributed by atoms with Gasteiger partial charge in [0, 0.05) is 5.02 Å². The van der Waals surface area contributed by atoms with Gasteiger partial charge in [-0.2, -0.15) is 0 Å². The smallest absolute Gasteiger partial charge is 0.234 e. The van der Waals surface area contributed by atoms with Crippen LogP contribution in [0.15, 0.2) is 47.6 Å². The second-order valence-corrected chi connectivity index (χ2v) is 6.96. The SMILES string of the molecule is Cc1ccccc1OCc1nc(SCC(=O)Nc2cc(Cl)ccc2F)n[nH]1. The van der Waals surface area contributed by atoms with Crippen LogP contribution in [0.4, 0.5) is 10.1 Å². The number of aromatic amines is 1. The van der Waals surface area contributed by atoms with Crippen LogP contribution in [0, 0.1) is 12.7 Å². The van der Waals surface area contributed by atoms with Crippen molar-refractivity contribution in [2.24, 2.45) is 0 Å². The average molecular weight is 407 g/mol. The largest absolute Gasteiger partial charge is 0.485 e. The molecule has 1 heterocycles. The molecule has 0 bridgehead atoms. The molecule has 0 saturated heterocycles. The van der Waals surface area contributed by atoms with Gasteiger partial charge in [-0.05, 0) is 36.8 Å². The number of nitrogens with one attached hydrogen (secondary N) is 2. The molecule has 0 saturated carbocycles. The van der Waals surface area contributed by atoms with Gasteiger partial charge in [-0.25, -0.2) is 9.37 Å². The van der Waals surface area contributed by atoms with E-state index in [2.05, 4.69) is 20.5 Å². The van der Waals surface area contributed by atoms with Crippen molar-refractivity contribution in [2.75, 3.05) is 11.1 Å². The molecule has 3 rings (SSSR count). The number of anilines is 1. The highest BCUT2D eigenvalue weighted by atomic mass is 35.5. The summed E-state index contributed by atoms with van der Waals surface area (Å²) in [6, 6.07) is 11.6. The number of hydrogen-bond acceptors (Lipinski definition) is 5. The molecule has 27 heavy (non-hydrogen) atoms. The normalized spacial score (nSPS) is 10.6. The number of thioether (sulfide) groups is 1. The molecule has 140 valence electrons. The van der Waals surface area contributed by atoms with Gasteiger partial charge in [0.2, 0.25) is 11.1 Å². The van der Waals surface area contributed by atoms with E-state index < -0.39 is 5.82 Å². The fraction of sp³-hybridized carbons (Fsp3) is 0.167. The van der Waals surface area contributed by atoms with Gasteiger partial charge in [0.1, 0.15) is 18.2 Å². The van der Waals surface area contributed by atoms with E-state index in [9.17, 15) is 9.18 Å². The maximum Gasteiger partial charge on any atom is 0.234 e. The van der Waals surface area contributed by atoms with E-state index in [0.717, 1.165) is 23.1 Å². The van der Waals surface area contributed by atoms with Crippen molar-refractivity contribution in [1.82, 2.24) is 15.2 Å². The molecule has 0 aliphatic carbocycles. The second kappa shape index (κ2) is 8.88. The van der Waals surface area contributed by atoms with Gasteiger partial charge in [-0.1, -0.05) is 41.6 Å². The second-order valence-electron chi connectivity index (χ2n) is 5.58. The van der Waals surface area contributed by atoms with Gasteiger partial charge in [0.05, 0.1) is 11.4 Å². The van der Waals surface area contributed by atoms with Crippen molar-refractivity contribution in [3.8, 4) is 5.75 Å². The lowest BCUT2D eigenvalue weighted by molar-refractivity contribution is -0.113. The molecule has 1 aromatic heterocycles. The Balaban J connectivity index is 1.50. The standard InChI is InChI=1S/C18H16ClFN4O2S/c1-11-4-2-3-5-15(11)26-9-16-22-18(24-23-16)27-10-17(25)21-14-8-12(19)6-7-13(14)20/h2-8H,9-10H2,1H3,(H,21,25)(H,22,23,24). The van der Waals surface area contributed by atoms with Crippen LogP contribution >= 0.6 is 23.4 Å². The quantitative estimate of drug-likeness (QED) is 0.574. The van der Waals surface area contributed by atoms with Crippen LogP contribution in [0.5, 0.6) is 5.75 Å². The van der Waals surface area contributed by atoms with Crippen LogP contribution in [0.3, 0.4) is 0 Å². The number of amides is 1. The molecule has 0 radical (unpaired) electrons. The monoisotopic (exact) mass is 406 g/mol. The Hall–Kier alpha value is -2.58. The van der Waals surface area contributed by atoms with Gasteiger partial charge in [0.25, 0.3) is 0 Å². The van der Waals surface area contributed by atoms with Gasteiger partial charge in [0.15, 0.2) is 5.82 Å². The van der Waals surface area contributed by atoms with E-state index in [0.29, 0.717) is 16.0 Å². The number of carbonyl (C=O) groups excluding carboxylic acids is 1. The number of H-pyrrole nitrogens is 1. The fourth-order valence-electron chi connectivity index (χ4n) is 2.18. The number of nitrogens with zero attached hydrogens (tertiary/aromatic N) is 2. The number of rotatable bonds is 7. The molecule has 0 spiro atoms. The van der Waals surface area contributed by atoms with Crippen molar-refractivity contribution in [2.45, 2.75) is 18.7 Å². The summed E-state index contributed by atoms with van der Waals surface area (Å²) in [7, 11) is 0. The Kier molecular flexibility index (Phi) is 6.31. The van der Waals surface area contributed by atoms with E-state index in [4.69, 9.17) is 16.3 Å². The third-order valence-electron chi connectivity index (χ3n) is 3.50. The molecule has 9 heteroatoms. The van der Waals surface area contributed by atoms with Crippen molar-refractivity contribution >= 4 is 35.0 Å². The molecule has 3 aromatic rings. The van der Waals surface area contributed by atoms with Gasteiger partial charge in [-0.15, -0.1) is 5.10 Å².